The van der Waals surface area contributed by atoms with Crippen LogP contribution < -0.4 is 5.32 Å². The van der Waals surface area contributed by atoms with Gasteiger partial charge in [0.15, 0.2) is 0 Å². The number of nitrogens with one attached hydrogen (secondary N) is 1. The first-order valence-electron chi connectivity index (χ1n) is 5.30. The topological polar surface area (TPSA) is 29.1 Å². The second-order valence-electron chi connectivity index (χ2n) is 4.16. The quantitative estimate of drug-likeness (QED) is 0.623. The van der Waals surface area contributed by atoms with Crippen molar-refractivity contribution in [1.29, 1.82) is 0 Å². The highest BCUT2D eigenvalue weighted by atomic mass is 32.2. The molecule has 0 spiro atoms. The van der Waals surface area contributed by atoms with Gasteiger partial charge in [-0.05, 0) is 43.5 Å². The third kappa shape index (κ3) is 2.58. The average Bonchev–Trinajstić information content (AvgIpc) is 2.51. The lowest BCUT2D eigenvalue weighted by Gasteiger charge is -2.07. The molecule has 1 aliphatic rings. The van der Waals surface area contributed by atoms with E-state index in [0.717, 1.165) is 5.56 Å². The lowest BCUT2D eigenvalue weighted by molar-refractivity contribution is -0.115. The highest BCUT2D eigenvalue weighted by Gasteiger charge is 2.22. The monoisotopic (exact) mass is 263 g/mol. The molecule has 0 aliphatic carbocycles. The molecule has 1 fully saturated rings. The Kier molecular flexibility index (Phi) is 3.35. The highest BCUT2D eigenvalue weighted by molar-refractivity contribution is 8.26. The van der Waals surface area contributed by atoms with Crippen LogP contribution in [0.4, 0.5) is 0 Å². The fraction of sp³-hybridized carbons (Fsp3) is 0.231. The van der Waals surface area contributed by atoms with E-state index in [-0.39, 0.29) is 5.91 Å². The minimum Gasteiger partial charge on any atom is -0.307 e. The van der Waals surface area contributed by atoms with E-state index in [4.69, 9.17) is 12.2 Å². The lowest BCUT2D eigenvalue weighted by Crippen LogP contribution is -2.17. The van der Waals surface area contributed by atoms with E-state index in [2.05, 4.69) is 38.2 Å². The molecule has 1 saturated heterocycles. The van der Waals surface area contributed by atoms with Crippen LogP contribution in [-0.2, 0) is 4.79 Å². The largest absolute Gasteiger partial charge is 0.307 e. The Morgan fingerprint density at radius 3 is 2.29 bits per heavy atom. The number of benzene rings is 1. The first-order valence-corrected chi connectivity index (χ1v) is 6.52. The van der Waals surface area contributed by atoms with Crippen molar-refractivity contribution in [2.75, 3.05) is 0 Å². The summed E-state index contributed by atoms with van der Waals surface area (Å²) in [5, 5.41) is 2.62. The summed E-state index contributed by atoms with van der Waals surface area (Å²) in [6, 6.07) is 4.24. The Morgan fingerprint density at radius 1 is 1.24 bits per heavy atom. The maximum atomic E-state index is 11.6. The maximum absolute atomic E-state index is 11.6. The molecule has 1 amide bonds. The number of rotatable bonds is 1. The van der Waals surface area contributed by atoms with E-state index >= 15 is 0 Å². The molecule has 0 atom stereocenters. The van der Waals surface area contributed by atoms with Gasteiger partial charge in [-0.25, -0.2) is 0 Å². The molecule has 1 N–H and O–H groups in total. The summed E-state index contributed by atoms with van der Waals surface area (Å²) >= 11 is 6.29. The van der Waals surface area contributed by atoms with Gasteiger partial charge in [-0.2, -0.15) is 0 Å². The fourth-order valence-electron chi connectivity index (χ4n) is 1.97. The van der Waals surface area contributed by atoms with Crippen LogP contribution in [0.25, 0.3) is 6.08 Å². The zero-order valence-electron chi connectivity index (χ0n) is 9.96. The number of thioether (sulfide) groups is 1. The number of aryl methyl sites for hydroxylation is 3. The van der Waals surface area contributed by atoms with Crippen molar-refractivity contribution in [2.45, 2.75) is 20.8 Å². The second-order valence-corrected chi connectivity index (χ2v) is 5.88. The number of carbonyl (C=O) groups is 1. The lowest BCUT2D eigenvalue weighted by atomic mass is 9.99. The molecule has 1 aromatic carbocycles. The molecule has 0 bridgehead atoms. The Balaban J connectivity index is 2.46. The molecule has 2 rings (SSSR count). The van der Waals surface area contributed by atoms with Crippen LogP contribution in [-0.4, -0.2) is 10.2 Å². The van der Waals surface area contributed by atoms with Crippen molar-refractivity contribution >= 4 is 40.3 Å². The van der Waals surface area contributed by atoms with Crippen molar-refractivity contribution in [3.8, 4) is 0 Å². The number of hydrogen-bond acceptors (Lipinski definition) is 3. The van der Waals surface area contributed by atoms with Gasteiger partial charge in [0.2, 0.25) is 0 Å². The predicted octanol–water partition coefficient (Wildman–Crippen LogP) is 3.10. The Bertz CT molecular complexity index is 523. The Morgan fingerprint density at radius 2 is 1.82 bits per heavy atom. The maximum Gasteiger partial charge on any atom is 0.263 e. The van der Waals surface area contributed by atoms with E-state index in [1.807, 2.05) is 6.08 Å². The highest BCUT2D eigenvalue weighted by Crippen LogP contribution is 2.28. The molecule has 0 unspecified atom stereocenters. The number of amides is 1. The molecule has 88 valence electrons. The van der Waals surface area contributed by atoms with Crippen LogP contribution >= 0.6 is 24.0 Å². The summed E-state index contributed by atoms with van der Waals surface area (Å²) in [5.41, 5.74) is 4.71. The van der Waals surface area contributed by atoms with Gasteiger partial charge >= 0.3 is 0 Å². The van der Waals surface area contributed by atoms with Gasteiger partial charge in [0.05, 0.1) is 4.91 Å². The summed E-state index contributed by atoms with van der Waals surface area (Å²) in [5.74, 6) is -0.0978. The summed E-state index contributed by atoms with van der Waals surface area (Å²) in [6.07, 6.45) is 1.92. The second kappa shape index (κ2) is 4.63. The van der Waals surface area contributed by atoms with E-state index in [0.29, 0.717) is 9.23 Å². The van der Waals surface area contributed by atoms with Gasteiger partial charge in [-0.15, -0.1) is 0 Å². The summed E-state index contributed by atoms with van der Waals surface area (Å²) in [7, 11) is 0. The molecule has 1 aliphatic heterocycles. The number of carbonyl (C=O) groups excluding carboxylic acids is 1. The molecule has 0 aromatic heterocycles. The van der Waals surface area contributed by atoms with Crippen molar-refractivity contribution in [3.63, 3.8) is 0 Å². The standard InChI is InChI=1S/C13H13NOS2/c1-7-4-8(2)10(9(3)5-7)6-11-12(15)14-13(16)17-11/h4-6H,1-3H3,(H,14,15,16)/b11-6-. The zero-order valence-corrected chi connectivity index (χ0v) is 11.6. The molecular weight excluding hydrogens is 250 g/mol. The van der Waals surface area contributed by atoms with Crippen molar-refractivity contribution < 1.29 is 4.79 Å². The molecule has 4 heteroatoms. The van der Waals surface area contributed by atoms with Gasteiger partial charge in [0.1, 0.15) is 4.32 Å². The Hall–Kier alpha value is -1.13. The predicted molar refractivity (Wildman–Crippen MR) is 77.0 cm³/mol. The first kappa shape index (κ1) is 12.3. The number of thiocarbonyl (C=S) groups is 1. The van der Waals surface area contributed by atoms with Crippen molar-refractivity contribution in [3.05, 3.63) is 39.3 Å². The summed E-state index contributed by atoms with van der Waals surface area (Å²) < 4.78 is 0.531. The minimum absolute atomic E-state index is 0.0978. The van der Waals surface area contributed by atoms with Crippen molar-refractivity contribution in [2.24, 2.45) is 0 Å². The van der Waals surface area contributed by atoms with Crippen LogP contribution in [0.15, 0.2) is 17.0 Å². The minimum atomic E-state index is -0.0978. The van der Waals surface area contributed by atoms with Crippen LogP contribution in [0.3, 0.4) is 0 Å². The molecule has 2 nitrogen and oxygen atoms in total. The number of hydrogen-bond donors (Lipinski definition) is 1. The van der Waals surface area contributed by atoms with E-state index in [1.54, 1.807) is 0 Å². The zero-order chi connectivity index (χ0) is 12.6. The van der Waals surface area contributed by atoms with Gasteiger partial charge in [0, 0.05) is 0 Å². The van der Waals surface area contributed by atoms with Gasteiger partial charge in [-0.3, -0.25) is 4.79 Å². The van der Waals surface area contributed by atoms with E-state index in [1.165, 1.54) is 28.5 Å². The summed E-state index contributed by atoms with van der Waals surface area (Å²) in [4.78, 5) is 12.3. The van der Waals surface area contributed by atoms with Crippen LogP contribution in [0.5, 0.6) is 0 Å². The fourth-order valence-corrected chi connectivity index (χ4v) is 3.00. The van der Waals surface area contributed by atoms with Crippen LogP contribution in [0, 0.1) is 20.8 Å². The molecule has 1 heterocycles. The average molecular weight is 263 g/mol. The molecule has 17 heavy (non-hydrogen) atoms. The van der Waals surface area contributed by atoms with Crippen LogP contribution in [0.1, 0.15) is 22.3 Å². The Labute approximate surface area is 110 Å². The third-order valence-corrected chi connectivity index (χ3v) is 3.82. The molecule has 0 radical (unpaired) electrons. The summed E-state index contributed by atoms with van der Waals surface area (Å²) in [6.45, 7) is 6.19. The van der Waals surface area contributed by atoms with Crippen molar-refractivity contribution in [1.82, 2.24) is 5.32 Å². The van der Waals surface area contributed by atoms with E-state index in [9.17, 15) is 4.79 Å². The SMILES string of the molecule is Cc1cc(C)c(/C=C2\SC(=S)NC2=O)c(C)c1. The van der Waals surface area contributed by atoms with Gasteiger partial charge < -0.3 is 5.32 Å². The smallest absolute Gasteiger partial charge is 0.263 e. The molecule has 1 aromatic rings. The molecule has 0 saturated carbocycles. The normalized spacial score (nSPS) is 17.7. The molecular formula is C13H13NOS2. The van der Waals surface area contributed by atoms with Crippen LogP contribution in [0.2, 0.25) is 0 Å². The first-order chi connectivity index (χ1) is 7.97. The van der Waals surface area contributed by atoms with Gasteiger partial charge in [0.25, 0.3) is 5.91 Å². The third-order valence-electron chi connectivity index (χ3n) is 2.66. The van der Waals surface area contributed by atoms with E-state index < -0.39 is 0 Å². The van der Waals surface area contributed by atoms with Gasteiger partial charge in [-0.1, -0.05) is 41.7 Å².